The molecule has 1 aliphatic rings. The first-order chi connectivity index (χ1) is 10.3. The highest BCUT2D eigenvalue weighted by atomic mass is 16.6. The molecule has 1 aromatic carbocycles. The molecule has 2 rings (SSSR count). The van der Waals surface area contributed by atoms with Crippen LogP contribution < -0.4 is 5.32 Å². The van der Waals surface area contributed by atoms with Crippen LogP contribution in [0.5, 0.6) is 0 Å². The maximum Gasteiger partial charge on any atom is 0.407 e. The summed E-state index contributed by atoms with van der Waals surface area (Å²) in [7, 11) is 0. The predicted octanol–water partition coefficient (Wildman–Crippen LogP) is 3.56. The van der Waals surface area contributed by atoms with Crippen molar-refractivity contribution in [2.45, 2.75) is 64.8 Å². The van der Waals surface area contributed by atoms with Crippen molar-refractivity contribution in [1.82, 2.24) is 10.2 Å². The van der Waals surface area contributed by atoms with Crippen molar-refractivity contribution in [1.29, 1.82) is 0 Å². The maximum absolute atomic E-state index is 12.0. The zero-order valence-corrected chi connectivity index (χ0v) is 14.1. The number of piperidine rings is 1. The van der Waals surface area contributed by atoms with Gasteiger partial charge in [-0.2, -0.15) is 0 Å². The van der Waals surface area contributed by atoms with Crippen LogP contribution in [0.3, 0.4) is 0 Å². The molecule has 0 aromatic heterocycles. The Morgan fingerprint density at radius 1 is 1.32 bits per heavy atom. The Balaban J connectivity index is 1.92. The summed E-state index contributed by atoms with van der Waals surface area (Å²) in [6.45, 7) is 9.84. The summed E-state index contributed by atoms with van der Waals surface area (Å²) >= 11 is 0. The van der Waals surface area contributed by atoms with Gasteiger partial charge in [0.15, 0.2) is 0 Å². The molecule has 4 nitrogen and oxygen atoms in total. The van der Waals surface area contributed by atoms with Crippen LogP contribution in [0.15, 0.2) is 30.3 Å². The van der Waals surface area contributed by atoms with E-state index in [-0.39, 0.29) is 12.1 Å². The standard InChI is InChI=1S/C18H28N2O2/c1-14-16(19-17(21)22-18(2,3)4)11-8-12-20(14)13-15-9-6-5-7-10-15/h5-7,9-10,14,16H,8,11-13H2,1-4H3,(H,19,21)/t14-,16+/m1/s1. The second-order valence-electron chi connectivity index (χ2n) is 7.09. The third-order valence-corrected chi connectivity index (χ3v) is 4.05. The van der Waals surface area contributed by atoms with Crippen molar-refractivity contribution >= 4 is 6.09 Å². The van der Waals surface area contributed by atoms with Gasteiger partial charge in [-0.15, -0.1) is 0 Å². The number of alkyl carbamates (subject to hydrolysis) is 1. The second kappa shape index (κ2) is 7.14. The van der Waals surface area contributed by atoms with Crippen molar-refractivity contribution in [2.24, 2.45) is 0 Å². The van der Waals surface area contributed by atoms with Gasteiger partial charge in [-0.05, 0) is 52.6 Å². The van der Waals surface area contributed by atoms with E-state index in [0.29, 0.717) is 6.04 Å². The Bertz CT molecular complexity index is 482. The normalized spacial score (nSPS) is 23.1. The first-order valence-corrected chi connectivity index (χ1v) is 8.12. The average Bonchev–Trinajstić information content (AvgIpc) is 2.42. The molecule has 1 fully saturated rings. The number of likely N-dealkylation sites (tertiary alicyclic amines) is 1. The number of hydrogen-bond donors (Lipinski definition) is 1. The number of nitrogens with zero attached hydrogens (tertiary/aromatic N) is 1. The van der Waals surface area contributed by atoms with Crippen LogP contribution in [0.4, 0.5) is 4.79 Å². The number of amides is 1. The largest absolute Gasteiger partial charge is 0.444 e. The van der Waals surface area contributed by atoms with E-state index in [9.17, 15) is 4.79 Å². The Morgan fingerprint density at radius 2 is 2.00 bits per heavy atom. The van der Waals surface area contributed by atoms with Crippen molar-refractivity contribution in [3.05, 3.63) is 35.9 Å². The molecule has 0 spiro atoms. The highest BCUT2D eigenvalue weighted by molar-refractivity contribution is 5.68. The lowest BCUT2D eigenvalue weighted by molar-refractivity contribution is 0.0416. The summed E-state index contributed by atoms with van der Waals surface area (Å²) in [5, 5.41) is 3.04. The lowest BCUT2D eigenvalue weighted by atomic mass is 9.97. The summed E-state index contributed by atoms with van der Waals surface area (Å²) in [5.41, 5.74) is 0.860. The number of carbonyl (C=O) groups excluding carboxylic acids is 1. The third-order valence-electron chi connectivity index (χ3n) is 4.05. The quantitative estimate of drug-likeness (QED) is 0.928. The molecule has 1 heterocycles. The fraction of sp³-hybridized carbons (Fsp3) is 0.611. The molecular formula is C18H28N2O2. The van der Waals surface area contributed by atoms with Gasteiger partial charge in [0.1, 0.15) is 5.60 Å². The summed E-state index contributed by atoms with van der Waals surface area (Å²) < 4.78 is 5.37. The smallest absolute Gasteiger partial charge is 0.407 e. The van der Waals surface area contributed by atoms with Crippen LogP contribution in [-0.2, 0) is 11.3 Å². The monoisotopic (exact) mass is 304 g/mol. The molecule has 0 radical (unpaired) electrons. The van der Waals surface area contributed by atoms with E-state index in [1.54, 1.807) is 0 Å². The second-order valence-corrected chi connectivity index (χ2v) is 7.09. The van der Waals surface area contributed by atoms with Crippen LogP contribution in [0.2, 0.25) is 0 Å². The highest BCUT2D eigenvalue weighted by Crippen LogP contribution is 2.20. The molecule has 22 heavy (non-hydrogen) atoms. The average molecular weight is 304 g/mol. The minimum atomic E-state index is -0.453. The molecule has 2 atom stereocenters. The van der Waals surface area contributed by atoms with E-state index in [4.69, 9.17) is 4.74 Å². The number of nitrogens with one attached hydrogen (secondary N) is 1. The topological polar surface area (TPSA) is 41.6 Å². The zero-order chi connectivity index (χ0) is 16.2. The predicted molar refractivity (Wildman–Crippen MR) is 88.7 cm³/mol. The minimum Gasteiger partial charge on any atom is -0.444 e. The van der Waals surface area contributed by atoms with E-state index < -0.39 is 5.60 Å². The molecule has 0 saturated carbocycles. The summed E-state index contributed by atoms with van der Waals surface area (Å²) in [4.78, 5) is 14.4. The fourth-order valence-electron chi connectivity index (χ4n) is 2.91. The van der Waals surface area contributed by atoms with E-state index in [1.165, 1.54) is 5.56 Å². The molecule has 122 valence electrons. The van der Waals surface area contributed by atoms with Crippen molar-refractivity contribution < 1.29 is 9.53 Å². The molecular weight excluding hydrogens is 276 g/mol. The number of carbonyl (C=O) groups is 1. The van der Waals surface area contributed by atoms with Gasteiger partial charge in [-0.3, -0.25) is 4.90 Å². The van der Waals surface area contributed by atoms with E-state index in [2.05, 4.69) is 41.4 Å². The molecule has 1 aromatic rings. The Labute approximate surface area is 133 Å². The van der Waals surface area contributed by atoms with Crippen LogP contribution in [0.25, 0.3) is 0 Å². The van der Waals surface area contributed by atoms with Gasteiger partial charge in [0.2, 0.25) is 0 Å². The van der Waals surface area contributed by atoms with E-state index in [0.717, 1.165) is 25.9 Å². The van der Waals surface area contributed by atoms with Crippen LogP contribution in [-0.4, -0.2) is 35.2 Å². The molecule has 0 unspecified atom stereocenters. The molecule has 1 aliphatic heterocycles. The zero-order valence-electron chi connectivity index (χ0n) is 14.1. The lowest BCUT2D eigenvalue weighted by Gasteiger charge is -2.39. The Hall–Kier alpha value is -1.55. The van der Waals surface area contributed by atoms with Gasteiger partial charge in [-0.25, -0.2) is 4.79 Å². The number of benzene rings is 1. The van der Waals surface area contributed by atoms with Gasteiger partial charge in [0, 0.05) is 18.6 Å². The Morgan fingerprint density at radius 3 is 2.64 bits per heavy atom. The van der Waals surface area contributed by atoms with Crippen LogP contribution in [0, 0.1) is 0 Å². The fourth-order valence-corrected chi connectivity index (χ4v) is 2.91. The van der Waals surface area contributed by atoms with Gasteiger partial charge < -0.3 is 10.1 Å². The van der Waals surface area contributed by atoms with Crippen LogP contribution in [0.1, 0.15) is 46.1 Å². The number of ether oxygens (including phenoxy) is 1. The van der Waals surface area contributed by atoms with Gasteiger partial charge >= 0.3 is 6.09 Å². The molecule has 1 amide bonds. The highest BCUT2D eigenvalue weighted by Gasteiger charge is 2.30. The molecule has 0 bridgehead atoms. The van der Waals surface area contributed by atoms with Crippen molar-refractivity contribution in [2.75, 3.05) is 6.54 Å². The van der Waals surface area contributed by atoms with Crippen LogP contribution >= 0.6 is 0 Å². The van der Waals surface area contributed by atoms with E-state index in [1.807, 2.05) is 26.8 Å². The lowest BCUT2D eigenvalue weighted by Crippen LogP contribution is -2.54. The molecule has 1 N–H and O–H groups in total. The molecule has 0 aliphatic carbocycles. The van der Waals surface area contributed by atoms with Crippen molar-refractivity contribution in [3.8, 4) is 0 Å². The maximum atomic E-state index is 12.0. The van der Waals surface area contributed by atoms with Gasteiger partial charge in [0.05, 0.1) is 0 Å². The molecule has 1 saturated heterocycles. The SMILES string of the molecule is C[C@@H]1[C@@H](NC(=O)OC(C)(C)C)CCCN1Cc1ccccc1. The first kappa shape index (κ1) is 16.8. The van der Waals surface area contributed by atoms with E-state index >= 15 is 0 Å². The Kier molecular flexibility index (Phi) is 5.46. The summed E-state index contributed by atoms with van der Waals surface area (Å²) in [6, 6.07) is 10.9. The third kappa shape index (κ3) is 5.02. The van der Waals surface area contributed by atoms with Gasteiger partial charge in [-0.1, -0.05) is 30.3 Å². The number of hydrogen-bond acceptors (Lipinski definition) is 3. The molecule has 4 heteroatoms. The summed E-state index contributed by atoms with van der Waals surface area (Å²) in [5.74, 6) is 0. The number of rotatable bonds is 3. The van der Waals surface area contributed by atoms with Gasteiger partial charge in [0.25, 0.3) is 0 Å². The summed E-state index contributed by atoms with van der Waals surface area (Å²) in [6.07, 6.45) is 1.79. The first-order valence-electron chi connectivity index (χ1n) is 8.12. The minimum absolute atomic E-state index is 0.146. The van der Waals surface area contributed by atoms with Crippen molar-refractivity contribution in [3.63, 3.8) is 0 Å².